The summed E-state index contributed by atoms with van der Waals surface area (Å²) in [5, 5.41) is 14.0. The van der Waals surface area contributed by atoms with Gasteiger partial charge < -0.3 is 0 Å². The lowest BCUT2D eigenvalue weighted by molar-refractivity contribution is 0.965. The first kappa shape index (κ1) is 13.2. The van der Waals surface area contributed by atoms with Crippen molar-refractivity contribution in [1.82, 2.24) is 14.6 Å². The maximum Gasteiger partial charge on any atom is 0.182 e. The number of fused-ring (bicyclic) bond motifs is 1. The maximum atomic E-state index is 9.46. The van der Waals surface area contributed by atoms with E-state index in [2.05, 4.69) is 16.2 Å². The first-order valence-corrected chi connectivity index (χ1v) is 7.26. The zero-order valence-electron chi connectivity index (χ0n) is 12.2. The van der Waals surface area contributed by atoms with Crippen molar-refractivity contribution in [3.63, 3.8) is 0 Å². The minimum Gasteiger partial charge on any atom is -0.219 e. The van der Waals surface area contributed by atoms with Crippen molar-refractivity contribution in [2.24, 2.45) is 0 Å². The third-order valence-corrected chi connectivity index (χ3v) is 3.69. The summed E-state index contributed by atoms with van der Waals surface area (Å²) >= 11 is 0. The summed E-state index contributed by atoms with van der Waals surface area (Å²) in [7, 11) is 0. The molecule has 0 saturated carbocycles. The first-order valence-electron chi connectivity index (χ1n) is 7.26. The van der Waals surface area contributed by atoms with Gasteiger partial charge in [-0.3, -0.25) is 0 Å². The Kier molecular flexibility index (Phi) is 3.10. The molecule has 0 saturated heterocycles. The Morgan fingerprint density at radius 3 is 2.13 bits per heavy atom. The fraction of sp³-hybridized carbons (Fsp3) is 0. The Hall–Kier alpha value is -3.45. The van der Waals surface area contributed by atoms with Crippen molar-refractivity contribution in [3.8, 4) is 28.6 Å². The van der Waals surface area contributed by atoms with E-state index >= 15 is 0 Å². The predicted octanol–water partition coefficient (Wildman–Crippen LogP) is 3.93. The third-order valence-electron chi connectivity index (χ3n) is 3.69. The summed E-state index contributed by atoms with van der Waals surface area (Å²) in [5.41, 5.74) is 4.01. The van der Waals surface area contributed by atoms with E-state index in [1.54, 1.807) is 4.52 Å². The van der Waals surface area contributed by atoms with Crippen molar-refractivity contribution < 1.29 is 0 Å². The van der Waals surface area contributed by atoms with Gasteiger partial charge in [0.15, 0.2) is 11.5 Å². The van der Waals surface area contributed by atoms with Crippen LogP contribution in [-0.2, 0) is 0 Å². The van der Waals surface area contributed by atoms with Gasteiger partial charge >= 0.3 is 0 Å². The third kappa shape index (κ3) is 2.34. The minimum absolute atomic E-state index is 0.515. The molecule has 0 atom stereocenters. The van der Waals surface area contributed by atoms with Crippen LogP contribution < -0.4 is 0 Å². The zero-order chi connectivity index (χ0) is 15.6. The van der Waals surface area contributed by atoms with Gasteiger partial charge in [0, 0.05) is 17.3 Å². The lowest BCUT2D eigenvalue weighted by Gasteiger charge is -2.03. The molecule has 0 spiro atoms. The Morgan fingerprint density at radius 2 is 1.48 bits per heavy atom. The Bertz CT molecular complexity index is 1010. The van der Waals surface area contributed by atoms with Crippen LogP contribution >= 0.6 is 0 Å². The van der Waals surface area contributed by atoms with Gasteiger partial charge in [0.2, 0.25) is 0 Å². The molecule has 0 amide bonds. The van der Waals surface area contributed by atoms with Gasteiger partial charge in [-0.05, 0) is 11.6 Å². The largest absolute Gasteiger partial charge is 0.219 e. The summed E-state index contributed by atoms with van der Waals surface area (Å²) in [6, 6.07) is 23.8. The van der Waals surface area contributed by atoms with Crippen molar-refractivity contribution in [2.75, 3.05) is 0 Å². The average molecular weight is 296 g/mol. The molecular formula is C19H12N4. The molecule has 4 nitrogen and oxygen atoms in total. The number of pyridine rings is 1. The van der Waals surface area contributed by atoms with Crippen LogP contribution in [0.25, 0.3) is 28.2 Å². The van der Waals surface area contributed by atoms with Gasteiger partial charge in [-0.25, -0.2) is 9.50 Å². The average Bonchev–Trinajstić information content (AvgIpc) is 3.06. The first-order chi connectivity index (χ1) is 11.3. The molecule has 2 aromatic heterocycles. The topological polar surface area (TPSA) is 54.0 Å². The lowest BCUT2D eigenvalue weighted by atomic mass is 10.1. The fourth-order valence-corrected chi connectivity index (χ4v) is 2.57. The molecule has 0 bridgehead atoms. The van der Waals surface area contributed by atoms with Gasteiger partial charge in [-0.15, -0.1) is 5.10 Å². The summed E-state index contributed by atoms with van der Waals surface area (Å²) in [4.78, 5) is 4.52. The summed E-state index contributed by atoms with van der Waals surface area (Å²) < 4.78 is 1.68. The number of aromatic nitrogens is 3. The van der Waals surface area contributed by atoms with Crippen LogP contribution in [0.4, 0.5) is 0 Å². The monoisotopic (exact) mass is 296 g/mol. The number of nitrogens with zero attached hydrogens (tertiary/aromatic N) is 4. The number of benzene rings is 2. The molecule has 4 rings (SSSR count). The van der Waals surface area contributed by atoms with Gasteiger partial charge in [-0.2, -0.15) is 5.26 Å². The van der Waals surface area contributed by atoms with Crippen molar-refractivity contribution in [1.29, 1.82) is 5.26 Å². The molecule has 0 aliphatic carbocycles. The van der Waals surface area contributed by atoms with E-state index in [4.69, 9.17) is 0 Å². The Morgan fingerprint density at radius 1 is 0.826 bits per heavy atom. The molecular weight excluding hydrogens is 284 g/mol. The van der Waals surface area contributed by atoms with Crippen molar-refractivity contribution >= 4 is 5.65 Å². The highest BCUT2D eigenvalue weighted by atomic mass is 15.3. The van der Waals surface area contributed by atoms with E-state index in [0.717, 1.165) is 16.7 Å². The second kappa shape index (κ2) is 5.39. The standard InChI is InChI=1S/C19H12N4/c20-12-16-11-17(14-7-3-1-4-8-14)13-23-19(16)21-18(22-23)15-9-5-2-6-10-15/h1-11,13H. The van der Waals surface area contributed by atoms with E-state index in [-0.39, 0.29) is 0 Å². The Labute approximate surface area is 133 Å². The minimum atomic E-state index is 0.515. The molecule has 0 aliphatic rings. The van der Waals surface area contributed by atoms with Gasteiger partial charge in [0.05, 0.1) is 5.56 Å². The van der Waals surface area contributed by atoms with E-state index < -0.39 is 0 Å². The molecule has 108 valence electrons. The van der Waals surface area contributed by atoms with E-state index in [1.807, 2.05) is 72.9 Å². The predicted molar refractivity (Wildman–Crippen MR) is 88.6 cm³/mol. The molecule has 4 heteroatoms. The lowest BCUT2D eigenvalue weighted by Crippen LogP contribution is -1.92. The molecule has 0 radical (unpaired) electrons. The molecule has 0 fully saturated rings. The summed E-state index contributed by atoms with van der Waals surface area (Å²) in [6.07, 6.45) is 1.91. The number of rotatable bonds is 2. The molecule has 0 N–H and O–H groups in total. The number of nitriles is 1. The normalized spacial score (nSPS) is 10.6. The van der Waals surface area contributed by atoms with Crippen LogP contribution in [-0.4, -0.2) is 14.6 Å². The van der Waals surface area contributed by atoms with Crippen molar-refractivity contribution in [3.05, 3.63) is 78.5 Å². The summed E-state index contributed by atoms with van der Waals surface area (Å²) in [5.74, 6) is 0.618. The second-order valence-corrected chi connectivity index (χ2v) is 5.19. The van der Waals surface area contributed by atoms with Crippen LogP contribution in [0.3, 0.4) is 0 Å². The molecule has 0 aliphatic heterocycles. The van der Waals surface area contributed by atoms with Crippen LogP contribution in [0.2, 0.25) is 0 Å². The molecule has 2 heterocycles. The highest BCUT2D eigenvalue weighted by Gasteiger charge is 2.12. The zero-order valence-corrected chi connectivity index (χ0v) is 12.2. The number of hydrogen-bond acceptors (Lipinski definition) is 3. The highest BCUT2D eigenvalue weighted by molar-refractivity contribution is 5.70. The van der Waals surface area contributed by atoms with Crippen LogP contribution in [0.5, 0.6) is 0 Å². The number of hydrogen-bond donors (Lipinski definition) is 0. The van der Waals surface area contributed by atoms with Crippen LogP contribution in [0.15, 0.2) is 72.9 Å². The quantitative estimate of drug-likeness (QED) is 0.563. The molecule has 23 heavy (non-hydrogen) atoms. The maximum absolute atomic E-state index is 9.46. The van der Waals surface area contributed by atoms with Gasteiger partial charge in [0.1, 0.15) is 6.07 Å². The van der Waals surface area contributed by atoms with Crippen molar-refractivity contribution in [2.45, 2.75) is 0 Å². The molecule has 0 unspecified atom stereocenters. The van der Waals surface area contributed by atoms with E-state index in [0.29, 0.717) is 17.0 Å². The Balaban J connectivity index is 1.93. The van der Waals surface area contributed by atoms with Gasteiger partial charge in [0.25, 0.3) is 0 Å². The smallest absolute Gasteiger partial charge is 0.182 e. The van der Waals surface area contributed by atoms with Gasteiger partial charge in [-0.1, -0.05) is 60.7 Å². The highest BCUT2D eigenvalue weighted by Crippen LogP contribution is 2.24. The fourth-order valence-electron chi connectivity index (χ4n) is 2.57. The van der Waals surface area contributed by atoms with E-state index in [1.165, 1.54) is 0 Å². The molecule has 4 aromatic rings. The molecule has 2 aromatic carbocycles. The van der Waals surface area contributed by atoms with Crippen LogP contribution in [0.1, 0.15) is 5.56 Å². The second-order valence-electron chi connectivity index (χ2n) is 5.19. The summed E-state index contributed by atoms with van der Waals surface area (Å²) in [6.45, 7) is 0. The SMILES string of the molecule is N#Cc1cc(-c2ccccc2)cn2nc(-c3ccccc3)nc12. The van der Waals surface area contributed by atoms with Crippen LogP contribution in [0, 0.1) is 11.3 Å². The van der Waals surface area contributed by atoms with E-state index in [9.17, 15) is 5.26 Å².